The number of aromatic carboxylic acids is 1. The van der Waals surface area contributed by atoms with Crippen molar-refractivity contribution in [3.05, 3.63) is 23.9 Å². The molecular formula is C13H18N2O5S. The second-order valence-corrected chi connectivity index (χ2v) is 6.96. The minimum Gasteiger partial charge on any atom is -0.478 e. The van der Waals surface area contributed by atoms with E-state index in [1.54, 1.807) is 0 Å². The first-order chi connectivity index (χ1) is 9.95. The number of carbonyl (C=O) groups is 1. The van der Waals surface area contributed by atoms with Crippen molar-refractivity contribution in [1.29, 1.82) is 0 Å². The fraction of sp³-hybridized carbons (Fsp3) is 0.538. The molecule has 0 spiro atoms. The monoisotopic (exact) mass is 314 g/mol. The summed E-state index contributed by atoms with van der Waals surface area (Å²) in [5, 5.41) is 17.6. The highest BCUT2D eigenvalue weighted by Crippen LogP contribution is 2.24. The molecule has 0 aliphatic carbocycles. The van der Waals surface area contributed by atoms with Crippen molar-refractivity contribution < 1.29 is 23.4 Å². The lowest BCUT2D eigenvalue weighted by Crippen LogP contribution is -2.40. The van der Waals surface area contributed by atoms with Gasteiger partial charge in [0.25, 0.3) is 10.0 Å². The molecule has 1 unspecified atom stereocenters. The van der Waals surface area contributed by atoms with Crippen LogP contribution in [0.4, 0.5) is 0 Å². The van der Waals surface area contributed by atoms with Gasteiger partial charge in [-0.2, -0.15) is 4.31 Å². The van der Waals surface area contributed by atoms with Crippen LogP contribution in [0, 0.1) is 5.92 Å². The number of hydrogen-bond donors (Lipinski definition) is 2. The van der Waals surface area contributed by atoms with E-state index in [1.165, 1.54) is 16.4 Å². The van der Waals surface area contributed by atoms with E-state index < -0.39 is 16.0 Å². The molecule has 1 atom stereocenters. The smallest absolute Gasteiger partial charge is 0.337 e. The highest BCUT2D eigenvalue weighted by Gasteiger charge is 2.30. The fourth-order valence-electron chi connectivity index (χ4n) is 2.46. The lowest BCUT2D eigenvalue weighted by atomic mass is 9.97. The number of carboxylic acids is 1. The minimum atomic E-state index is -3.71. The van der Waals surface area contributed by atoms with E-state index in [2.05, 4.69) is 4.98 Å². The van der Waals surface area contributed by atoms with Crippen LogP contribution in [0.2, 0.25) is 0 Å². The molecule has 1 fully saturated rings. The Morgan fingerprint density at radius 1 is 1.43 bits per heavy atom. The van der Waals surface area contributed by atoms with Crippen LogP contribution in [0.25, 0.3) is 0 Å². The highest BCUT2D eigenvalue weighted by atomic mass is 32.2. The van der Waals surface area contributed by atoms with Crippen molar-refractivity contribution >= 4 is 16.0 Å². The Balaban J connectivity index is 2.18. The molecule has 0 aromatic carbocycles. The van der Waals surface area contributed by atoms with E-state index >= 15 is 0 Å². The van der Waals surface area contributed by atoms with Crippen LogP contribution in [0.15, 0.2) is 23.4 Å². The van der Waals surface area contributed by atoms with Crippen LogP contribution in [0.1, 0.15) is 29.6 Å². The molecule has 116 valence electrons. The Labute approximate surface area is 123 Å². The van der Waals surface area contributed by atoms with Crippen molar-refractivity contribution in [1.82, 2.24) is 9.29 Å². The number of rotatable bonds is 5. The molecule has 2 rings (SSSR count). The van der Waals surface area contributed by atoms with Gasteiger partial charge >= 0.3 is 5.97 Å². The summed E-state index contributed by atoms with van der Waals surface area (Å²) in [6, 6.07) is 2.45. The maximum Gasteiger partial charge on any atom is 0.337 e. The standard InChI is InChI=1S/C13H18N2O5S/c16-7-5-10-2-1-6-15(9-10)21(19,20)12-4-3-11(8-14-12)13(17)18/h3-4,8,10,16H,1-2,5-7,9H2,(H,17,18). The molecule has 21 heavy (non-hydrogen) atoms. The molecule has 8 heteroatoms. The van der Waals surface area contributed by atoms with Gasteiger partial charge in [0.05, 0.1) is 5.56 Å². The normalized spacial score (nSPS) is 20.3. The average molecular weight is 314 g/mol. The van der Waals surface area contributed by atoms with Crippen molar-refractivity contribution in [2.75, 3.05) is 19.7 Å². The maximum absolute atomic E-state index is 12.5. The Bertz CT molecular complexity index is 597. The van der Waals surface area contributed by atoms with E-state index in [0.717, 1.165) is 19.0 Å². The van der Waals surface area contributed by atoms with Gasteiger partial charge < -0.3 is 10.2 Å². The van der Waals surface area contributed by atoms with Crippen molar-refractivity contribution in [2.45, 2.75) is 24.3 Å². The predicted octanol–water partition coefficient (Wildman–Crippen LogP) is 0.563. The Hall–Kier alpha value is -1.51. The lowest BCUT2D eigenvalue weighted by molar-refractivity contribution is 0.0696. The molecule has 1 aromatic heterocycles. The molecule has 1 aliphatic heterocycles. The molecule has 2 N–H and O–H groups in total. The fourth-order valence-corrected chi connectivity index (χ4v) is 3.92. The molecule has 2 heterocycles. The van der Waals surface area contributed by atoms with Crippen molar-refractivity contribution in [3.8, 4) is 0 Å². The van der Waals surface area contributed by atoms with Crippen LogP contribution in [0.5, 0.6) is 0 Å². The first-order valence-electron chi connectivity index (χ1n) is 6.75. The summed E-state index contributed by atoms with van der Waals surface area (Å²) in [6.07, 6.45) is 3.27. The van der Waals surface area contributed by atoms with Crippen molar-refractivity contribution in [3.63, 3.8) is 0 Å². The second-order valence-electron chi connectivity index (χ2n) is 5.07. The average Bonchev–Trinajstić information content (AvgIpc) is 2.48. The zero-order valence-electron chi connectivity index (χ0n) is 11.5. The third-order valence-electron chi connectivity index (χ3n) is 3.61. The first kappa shape index (κ1) is 15.9. The number of hydrogen-bond acceptors (Lipinski definition) is 5. The Kier molecular flexibility index (Phi) is 4.92. The van der Waals surface area contributed by atoms with E-state index in [4.69, 9.17) is 10.2 Å². The lowest BCUT2D eigenvalue weighted by Gasteiger charge is -2.31. The summed E-state index contributed by atoms with van der Waals surface area (Å²) in [6.45, 7) is 0.835. The van der Waals surface area contributed by atoms with Crippen LogP contribution in [-0.4, -0.2) is 53.6 Å². The van der Waals surface area contributed by atoms with Crippen LogP contribution < -0.4 is 0 Å². The first-order valence-corrected chi connectivity index (χ1v) is 8.19. The molecule has 1 saturated heterocycles. The number of aromatic nitrogens is 1. The van der Waals surface area contributed by atoms with Crippen LogP contribution in [-0.2, 0) is 10.0 Å². The number of aliphatic hydroxyl groups is 1. The van der Waals surface area contributed by atoms with Gasteiger partial charge in [0.15, 0.2) is 5.03 Å². The minimum absolute atomic E-state index is 0.0457. The number of pyridine rings is 1. The topological polar surface area (TPSA) is 108 Å². The van der Waals surface area contributed by atoms with Gasteiger partial charge in [0.1, 0.15) is 0 Å². The number of sulfonamides is 1. The summed E-state index contributed by atoms with van der Waals surface area (Å²) in [7, 11) is -3.71. The quantitative estimate of drug-likeness (QED) is 0.822. The van der Waals surface area contributed by atoms with Gasteiger partial charge in [-0.05, 0) is 37.3 Å². The molecule has 7 nitrogen and oxygen atoms in total. The third-order valence-corrected chi connectivity index (χ3v) is 5.39. The predicted molar refractivity (Wildman–Crippen MR) is 74.4 cm³/mol. The highest BCUT2D eigenvalue weighted by molar-refractivity contribution is 7.89. The number of carboxylic acid groups (broad SMARTS) is 1. The van der Waals surface area contributed by atoms with Crippen LogP contribution >= 0.6 is 0 Å². The summed E-state index contributed by atoms with van der Waals surface area (Å²) in [5.41, 5.74) is -0.0502. The van der Waals surface area contributed by atoms with Gasteiger partial charge in [-0.15, -0.1) is 0 Å². The van der Waals surface area contributed by atoms with E-state index in [-0.39, 0.29) is 23.1 Å². The largest absolute Gasteiger partial charge is 0.478 e. The van der Waals surface area contributed by atoms with Gasteiger partial charge in [0.2, 0.25) is 0 Å². The summed E-state index contributed by atoms with van der Waals surface area (Å²) < 4.78 is 26.3. The van der Waals surface area contributed by atoms with Crippen molar-refractivity contribution in [2.24, 2.45) is 5.92 Å². The molecule has 1 aliphatic rings. The van der Waals surface area contributed by atoms with E-state index in [0.29, 0.717) is 19.5 Å². The zero-order chi connectivity index (χ0) is 15.5. The van der Waals surface area contributed by atoms with Gasteiger partial charge in [-0.25, -0.2) is 18.2 Å². The van der Waals surface area contributed by atoms with Crippen LogP contribution in [0.3, 0.4) is 0 Å². The van der Waals surface area contributed by atoms with Gasteiger partial charge in [-0.3, -0.25) is 0 Å². The molecule has 0 radical (unpaired) electrons. The molecule has 1 aromatic rings. The van der Waals surface area contributed by atoms with E-state index in [1.807, 2.05) is 0 Å². The molecule has 0 saturated carbocycles. The Morgan fingerprint density at radius 2 is 2.19 bits per heavy atom. The van der Waals surface area contributed by atoms with Gasteiger partial charge in [0, 0.05) is 25.9 Å². The molecule has 0 bridgehead atoms. The summed E-state index contributed by atoms with van der Waals surface area (Å²) >= 11 is 0. The number of nitrogens with zero attached hydrogens (tertiary/aromatic N) is 2. The zero-order valence-corrected chi connectivity index (χ0v) is 12.3. The molecular weight excluding hydrogens is 296 g/mol. The maximum atomic E-state index is 12.5. The number of aliphatic hydroxyl groups excluding tert-OH is 1. The van der Waals surface area contributed by atoms with Gasteiger partial charge in [-0.1, -0.05) is 0 Å². The van der Waals surface area contributed by atoms with E-state index in [9.17, 15) is 13.2 Å². The SMILES string of the molecule is O=C(O)c1ccc(S(=O)(=O)N2CCCC(CCO)C2)nc1. The third kappa shape index (κ3) is 3.58. The summed E-state index contributed by atoms with van der Waals surface area (Å²) in [4.78, 5) is 14.5. The second kappa shape index (κ2) is 6.50. The number of piperidine rings is 1. The Morgan fingerprint density at radius 3 is 2.76 bits per heavy atom. The molecule has 0 amide bonds. The summed E-state index contributed by atoms with van der Waals surface area (Å²) in [5.74, 6) is -0.996.